The molecular weight excluding hydrogens is 266 g/mol. The quantitative estimate of drug-likeness (QED) is 0.821. The summed E-state index contributed by atoms with van der Waals surface area (Å²) in [5.41, 5.74) is 0.293. The van der Waals surface area contributed by atoms with Gasteiger partial charge in [0.25, 0.3) is 0 Å². The Hall–Kier alpha value is -1.56. The van der Waals surface area contributed by atoms with E-state index in [1.54, 1.807) is 13.0 Å². The molecule has 0 radical (unpaired) electrons. The number of anilines is 1. The average molecular weight is 284 g/mol. The van der Waals surface area contributed by atoms with Crippen molar-refractivity contribution in [3.8, 4) is 0 Å². The highest BCUT2D eigenvalue weighted by Crippen LogP contribution is 2.15. The molecule has 0 amide bonds. The van der Waals surface area contributed by atoms with Gasteiger partial charge in [-0.15, -0.1) is 11.6 Å². The fraction of sp³-hybridized carbons (Fsp3) is 0.583. The Morgan fingerprint density at radius 2 is 2.26 bits per heavy atom. The molecule has 104 valence electrons. The SMILES string of the molecule is Cc1nc(NC(CCCl)C(C)C)cc2n[nH]c(=O)n12. The molecule has 0 bridgehead atoms. The molecule has 0 aromatic carbocycles. The molecule has 7 heteroatoms. The Morgan fingerprint density at radius 3 is 2.89 bits per heavy atom. The van der Waals surface area contributed by atoms with Gasteiger partial charge in [-0.05, 0) is 19.3 Å². The Labute approximate surface area is 116 Å². The van der Waals surface area contributed by atoms with Crippen molar-refractivity contribution in [3.63, 3.8) is 0 Å². The van der Waals surface area contributed by atoms with Crippen LogP contribution in [0.25, 0.3) is 5.65 Å². The minimum Gasteiger partial charge on any atom is -0.367 e. The molecule has 0 spiro atoms. The van der Waals surface area contributed by atoms with Gasteiger partial charge in [0.15, 0.2) is 5.65 Å². The van der Waals surface area contributed by atoms with Crippen LogP contribution in [0.2, 0.25) is 0 Å². The first-order valence-electron chi connectivity index (χ1n) is 6.30. The summed E-state index contributed by atoms with van der Waals surface area (Å²) in [4.78, 5) is 15.9. The third-order valence-corrected chi connectivity index (χ3v) is 3.35. The molecule has 0 aliphatic rings. The number of alkyl halides is 1. The molecule has 0 aliphatic carbocycles. The lowest BCUT2D eigenvalue weighted by atomic mass is 10.0. The lowest BCUT2D eigenvalue weighted by molar-refractivity contribution is 0.511. The summed E-state index contributed by atoms with van der Waals surface area (Å²) in [6.07, 6.45) is 0.860. The fourth-order valence-electron chi connectivity index (χ4n) is 2.05. The van der Waals surface area contributed by atoms with Crippen LogP contribution in [0.5, 0.6) is 0 Å². The number of aromatic amines is 1. The molecule has 0 fully saturated rings. The number of H-pyrrole nitrogens is 1. The second kappa shape index (κ2) is 5.61. The largest absolute Gasteiger partial charge is 0.367 e. The topological polar surface area (TPSA) is 75.1 Å². The van der Waals surface area contributed by atoms with Crippen LogP contribution in [0.1, 0.15) is 26.1 Å². The van der Waals surface area contributed by atoms with Gasteiger partial charge in [-0.1, -0.05) is 13.8 Å². The number of nitrogens with zero attached hydrogens (tertiary/aromatic N) is 3. The number of nitrogens with one attached hydrogen (secondary N) is 2. The van der Waals surface area contributed by atoms with Crippen molar-refractivity contribution in [1.29, 1.82) is 0 Å². The van der Waals surface area contributed by atoms with Gasteiger partial charge >= 0.3 is 5.69 Å². The lowest BCUT2D eigenvalue weighted by Crippen LogP contribution is -2.27. The van der Waals surface area contributed by atoms with Crippen molar-refractivity contribution < 1.29 is 0 Å². The number of halogens is 1. The third kappa shape index (κ3) is 2.89. The molecule has 2 aromatic rings. The van der Waals surface area contributed by atoms with Gasteiger partial charge in [0.2, 0.25) is 0 Å². The number of rotatable bonds is 5. The van der Waals surface area contributed by atoms with E-state index in [0.29, 0.717) is 29.1 Å². The molecule has 2 N–H and O–H groups in total. The second-order valence-electron chi connectivity index (χ2n) is 4.88. The van der Waals surface area contributed by atoms with Gasteiger partial charge in [0.1, 0.15) is 11.6 Å². The van der Waals surface area contributed by atoms with E-state index in [0.717, 1.165) is 6.42 Å². The summed E-state index contributed by atoms with van der Waals surface area (Å²) >= 11 is 5.81. The van der Waals surface area contributed by atoms with E-state index in [-0.39, 0.29) is 11.7 Å². The molecule has 2 aromatic heterocycles. The summed E-state index contributed by atoms with van der Waals surface area (Å²) < 4.78 is 1.44. The van der Waals surface area contributed by atoms with Crippen LogP contribution >= 0.6 is 11.6 Å². The zero-order valence-corrected chi connectivity index (χ0v) is 12.0. The molecule has 2 heterocycles. The minimum absolute atomic E-state index is 0.248. The Bertz CT molecular complexity index is 618. The van der Waals surface area contributed by atoms with Crippen molar-refractivity contribution >= 4 is 23.1 Å². The van der Waals surface area contributed by atoms with Crippen LogP contribution in [0, 0.1) is 12.8 Å². The first-order valence-corrected chi connectivity index (χ1v) is 6.83. The summed E-state index contributed by atoms with van der Waals surface area (Å²) in [5.74, 6) is 2.36. The number of hydrogen-bond acceptors (Lipinski definition) is 4. The van der Waals surface area contributed by atoms with Crippen LogP contribution in [-0.4, -0.2) is 31.5 Å². The second-order valence-corrected chi connectivity index (χ2v) is 5.26. The maximum atomic E-state index is 11.5. The van der Waals surface area contributed by atoms with Gasteiger partial charge in [-0.25, -0.2) is 19.3 Å². The van der Waals surface area contributed by atoms with E-state index in [4.69, 9.17) is 11.6 Å². The first-order chi connectivity index (χ1) is 9.02. The summed E-state index contributed by atoms with van der Waals surface area (Å²) in [6.45, 7) is 6.05. The molecule has 1 atom stereocenters. The highest BCUT2D eigenvalue weighted by Gasteiger charge is 2.14. The smallest absolute Gasteiger partial charge is 0.349 e. The Morgan fingerprint density at radius 1 is 1.53 bits per heavy atom. The third-order valence-electron chi connectivity index (χ3n) is 3.13. The van der Waals surface area contributed by atoms with Crippen molar-refractivity contribution in [3.05, 3.63) is 22.4 Å². The summed E-state index contributed by atoms with van der Waals surface area (Å²) in [7, 11) is 0. The monoisotopic (exact) mass is 283 g/mol. The van der Waals surface area contributed by atoms with Crippen molar-refractivity contribution in [2.45, 2.75) is 33.2 Å². The standard InChI is InChI=1S/C12H18ClN5O/c1-7(2)9(4-5-13)15-10-6-11-16-17-12(19)18(11)8(3)14-10/h6-7,9,15H,4-5H2,1-3H3,(H,17,19). The van der Waals surface area contributed by atoms with Crippen LogP contribution in [-0.2, 0) is 0 Å². The molecule has 1 unspecified atom stereocenters. The van der Waals surface area contributed by atoms with E-state index in [1.807, 2.05) is 0 Å². The van der Waals surface area contributed by atoms with Crippen LogP contribution < -0.4 is 11.0 Å². The fourth-order valence-corrected chi connectivity index (χ4v) is 2.29. The van der Waals surface area contributed by atoms with E-state index in [2.05, 4.69) is 34.3 Å². The maximum absolute atomic E-state index is 11.5. The van der Waals surface area contributed by atoms with Crippen molar-refractivity contribution in [1.82, 2.24) is 19.6 Å². The zero-order valence-electron chi connectivity index (χ0n) is 11.3. The average Bonchev–Trinajstić information content (AvgIpc) is 2.70. The number of aryl methyl sites for hydroxylation is 1. The highest BCUT2D eigenvalue weighted by molar-refractivity contribution is 6.17. The molecule has 0 saturated heterocycles. The number of hydrogen-bond donors (Lipinski definition) is 2. The molecule has 19 heavy (non-hydrogen) atoms. The van der Waals surface area contributed by atoms with E-state index < -0.39 is 0 Å². The van der Waals surface area contributed by atoms with Gasteiger partial charge < -0.3 is 5.32 Å². The normalized spacial score (nSPS) is 13.1. The molecular formula is C12H18ClN5O. The number of aromatic nitrogens is 4. The first kappa shape index (κ1) is 13.9. The Kier molecular flexibility index (Phi) is 4.09. The lowest BCUT2D eigenvalue weighted by Gasteiger charge is -2.22. The van der Waals surface area contributed by atoms with Gasteiger partial charge in [0.05, 0.1) is 0 Å². The van der Waals surface area contributed by atoms with Crippen LogP contribution in [0.15, 0.2) is 10.9 Å². The molecule has 0 saturated carbocycles. The number of fused-ring (bicyclic) bond motifs is 1. The Balaban J connectivity index is 2.32. The van der Waals surface area contributed by atoms with Gasteiger partial charge in [0, 0.05) is 18.0 Å². The predicted octanol–water partition coefficient (Wildman–Crippen LogP) is 1.79. The predicted molar refractivity (Wildman–Crippen MR) is 75.9 cm³/mol. The van der Waals surface area contributed by atoms with Crippen LogP contribution in [0.3, 0.4) is 0 Å². The zero-order chi connectivity index (χ0) is 14.0. The van der Waals surface area contributed by atoms with Crippen LogP contribution in [0.4, 0.5) is 5.82 Å². The van der Waals surface area contributed by atoms with Crippen molar-refractivity contribution in [2.75, 3.05) is 11.2 Å². The van der Waals surface area contributed by atoms with E-state index in [1.165, 1.54) is 4.40 Å². The molecule has 6 nitrogen and oxygen atoms in total. The molecule has 0 aliphatic heterocycles. The van der Waals surface area contributed by atoms with Gasteiger partial charge in [-0.3, -0.25) is 0 Å². The minimum atomic E-state index is -0.271. The van der Waals surface area contributed by atoms with E-state index in [9.17, 15) is 4.79 Å². The van der Waals surface area contributed by atoms with Crippen molar-refractivity contribution in [2.24, 2.45) is 5.92 Å². The summed E-state index contributed by atoms with van der Waals surface area (Å²) in [6, 6.07) is 2.01. The summed E-state index contributed by atoms with van der Waals surface area (Å²) in [5, 5.41) is 9.73. The van der Waals surface area contributed by atoms with Gasteiger partial charge in [-0.2, -0.15) is 5.10 Å². The molecule has 2 rings (SSSR count). The maximum Gasteiger partial charge on any atom is 0.349 e. The highest BCUT2D eigenvalue weighted by atomic mass is 35.5. The van der Waals surface area contributed by atoms with E-state index >= 15 is 0 Å².